The quantitative estimate of drug-likeness (QED) is 0.313. The average molecular weight is 621 g/mol. The summed E-state index contributed by atoms with van der Waals surface area (Å²) in [6, 6.07) is 21.8. The molecule has 3 rings (SSSR count). The van der Waals surface area contributed by atoms with Gasteiger partial charge in [0.1, 0.15) is 6.04 Å². The van der Waals surface area contributed by atoms with Crippen molar-refractivity contribution in [1.82, 2.24) is 14.5 Å². The number of sulfonamides is 1. The summed E-state index contributed by atoms with van der Waals surface area (Å²) in [7, 11) is -2.61. The van der Waals surface area contributed by atoms with Gasteiger partial charge >= 0.3 is 0 Å². The first-order valence-electron chi connectivity index (χ1n) is 12.2. The second-order valence-electron chi connectivity index (χ2n) is 8.86. The van der Waals surface area contributed by atoms with Crippen LogP contribution in [0.25, 0.3) is 0 Å². The molecule has 3 aromatic carbocycles. The lowest BCUT2D eigenvalue weighted by atomic mass is 10.0. The van der Waals surface area contributed by atoms with Crippen LogP contribution in [-0.4, -0.2) is 55.6 Å². The van der Waals surface area contributed by atoms with Crippen molar-refractivity contribution < 1.29 is 18.0 Å². The van der Waals surface area contributed by atoms with Gasteiger partial charge in [-0.1, -0.05) is 76.9 Å². The largest absolute Gasteiger partial charge is 0.354 e. The minimum absolute atomic E-state index is 0.0261. The van der Waals surface area contributed by atoms with Crippen molar-refractivity contribution in [2.75, 3.05) is 20.1 Å². The normalized spacial score (nSPS) is 12.2. The molecule has 7 nitrogen and oxygen atoms in total. The molecule has 0 aliphatic rings. The zero-order valence-electron chi connectivity index (χ0n) is 21.3. The number of likely N-dealkylation sites (N-methyl/N-ethyl adjacent to an activating group) is 1. The Balaban J connectivity index is 1.95. The average Bonchev–Trinajstić information content (AvgIpc) is 2.91. The zero-order chi connectivity index (χ0) is 27.7. The minimum atomic E-state index is -3.96. The van der Waals surface area contributed by atoms with E-state index in [4.69, 9.17) is 11.6 Å². The van der Waals surface area contributed by atoms with E-state index in [-0.39, 0.29) is 23.8 Å². The van der Waals surface area contributed by atoms with Crippen LogP contribution in [0, 0.1) is 0 Å². The molecular weight excluding hydrogens is 590 g/mol. The molecule has 38 heavy (non-hydrogen) atoms. The Hall–Kier alpha value is -2.72. The summed E-state index contributed by atoms with van der Waals surface area (Å²) < 4.78 is 28.2. The summed E-state index contributed by atoms with van der Waals surface area (Å²) in [5.41, 5.74) is 1.70. The number of carbonyl (C=O) groups excluding carboxylic acids is 2. The second-order valence-corrected chi connectivity index (χ2v) is 12.3. The van der Waals surface area contributed by atoms with Gasteiger partial charge in [0.05, 0.1) is 11.4 Å². The molecule has 3 aromatic rings. The van der Waals surface area contributed by atoms with Gasteiger partial charge in [-0.3, -0.25) is 9.59 Å². The maximum Gasteiger partial charge on any atom is 0.243 e. The highest BCUT2D eigenvalue weighted by molar-refractivity contribution is 9.10. The number of hydrogen-bond acceptors (Lipinski definition) is 4. The molecule has 10 heteroatoms. The van der Waals surface area contributed by atoms with Crippen LogP contribution in [0.2, 0.25) is 5.02 Å². The van der Waals surface area contributed by atoms with E-state index >= 15 is 0 Å². The van der Waals surface area contributed by atoms with E-state index in [0.717, 1.165) is 26.3 Å². The third kappa shape index (κ3) is 8.14. The summed E-state index contributed by atoms with van der Waals surface area (Å²) in [5, 5.41) is 3.32. The van der Waals surface area contributed by atoms with Crippen molar-refractivity contribution in [3.8, 4) is 0 Å². The fourth-order valence-corrected chi connectivity index (χ4v) is 5.37. The molecule has 0 saturated carbocycles. The third-order valence-corrected chi connectivity index (χ3v) is 8.56. The molecule has 0 aliphatic carbocycles. The molecule has 0 aliphatic heterocycles. The second kappa shape index (κ2) is 13.9. The molecule has 0 spiro atoms. The van der Waals surface area contributed by atoms with Crippen LogP contribution in [0.3, 0.4) is 0 Å². The molecule has 0 bridgehead atoms. The van der Waals surface area contributed by atoms with E-state index in [0.29, 0.717) is 11.6 Å². The molecule has 1 atom stereocenters. The van der Waals surface area contributed by atoms with Crippen LogP contribution in [0.5, 0.6) is 0 Å². The van der Waals surface area contributed by atoms with Gasteiger partial charge in [-0.05, 0) is 53.9 Å². The molecule has 202 valence electrons. The lowest BCUT2D eigenvalue weighted by Gasteiger charge is -2.32. The molecule has 0 saturated heterocycles. The highest BCUT2D eigenvalue weighted by atomic mass is 79.9. The number of hydrogen-bond donors (Lipinski definition) is 1. The highest BCUT2D eigenvalue weighted by Gasteiger charge is 2.33. The number of nitrogens with zero attached hydrogens (tertiary/aromatic N) is 2. The van der Waals surface area contributed by atoms with Crippen LogP contribution >= 0.6 is 27.5 Å². The summed E-state index contributed by atoms with van der Waals surface area (Å²) in [6.07, 6.45) is 1.03. The summed E-state index contributed by atoms with van der Waals surface area (Å²) in [5.74, 6) is -0.773. The third-order valence-electron chi connectivity index (χ3n) is 5.97. The predicted octanol–water partition coefficient (Wildman–Crippen LogP) is 4.89. The van der Waals surface area contributed by atoms with Crippen molar-refractivity contribution in [3.05, 3.63) is 99.5 Å². The number of amides is 2. The van der Waals surface area contributed by atoms with Gasteiger partial charge in [0.2, 0.25) is 21.8 Å². The van der Waals surface area contributed by atoms with Gasteiger partial charge in [0.25, 0.3) is 0 Å². The smallest absolute Gasteiger partial charge is 0.243 e. The maximum absolute atomic E-state index is 13.8. The fraction of sp³-hybridized carbons (Fsp3) is 0.286. The Morgan fingerprint density at radius 1 is 0.947 bits per heavy atom. The van der Waals surface area contributed by atoms with Gasteiger partial charge in [-0.25, -0.2) is 8.42 Å². The summed E-state index contributed by atoms with van der Waals surface area (Å²) in [6.45, 7) is 2.12. The Bertz CT molecular complexity index is 1320. The molecule has 1 N–H and O–H groups in total. The van der Waals surface area contributed by atoms with Crippen LogP contribution in [0.15, 0.2) is 88.2 Å². The number of rotatable bonds is 12. The maximum atomic E-state index is 13.8. The van der Waals surface area contributed by atoms with Crippen molar-refractivity contribution in [1.29, 1.82) is 0 Å². The lowest BCUT2D eigenvalue weighted by Crippen LogP contribution is -2.53. The van der Waals surface area contributed by atoms with Crippen molar-refractivity contribution in [3.63, 3.8) is 0 Å². The van der Waals surface area contributed by atoms with E-state index in [1.54, 1.807) is 0 Å². The van der Waals surface area contributed by atoms with Crippen LogP contribution in [0.4, 0.5) is 0 Å². The van der Waals surface area contributed by atoms with Gasteiger partial charge in [0.15, 0.2) is 0 Å². The molecule has 2 amide bonds. The summed E-state index contributed by atoms with van der Waals surface area (Å²) in [4.78, 5) is 28.6. The number of benzene rings is 3. The van der Waals surface area contributed by atoms with Gasteiger partial charge in [-0.2, -0.15) is 4.31 Å². The van der Waals surface area contributed by atoms with E-state index < -0.39 is 28.5 Å². The molecule has 0 radical (unpaired) electrons. The monoisotopic (exact) mass is 619 g/mol. The number of halogens is 2. The first-order valence-corrected chi connectivity index (χ1v) is 14.8. The van der Waals surface area contributed by atoms with Crippen molar-refractivity contribution >= 4 is 49.4 Å². The number of carbonyl (C=O) groups is 2. The SMILES string of the molecule is CCCNC(=O)[C@@H](Cc1ccccc1)N(Cc1ccc(Br)cc1)C(=O)CN(C)S(=O)(=O)c1ccc(Cl)cc1. The van der Waals surface area contributed by atoms with E-state index in [9.17, 15) is 18.0 Å². The van der Waals surface area contributed by atoms with Gasteiger partial charge < -0.3 is 10.2 Å². The first-order chi connectivity index (χ1) is 18.1. The fourth-order valence-electron chi connectivity index (χ4n) is 3.86. The number of nitrogens with one attached hydrogen (secondary N) is 1. The Morgan fingerprint density at radius 3 is 2.18 bits per heavy atom. The Morgan fingerprint density at radius 2 is 1.58 bits per heavy atom. The molecule has 0 fully saturated rings. The van der Waals surface area contributed by atoms with Crippen LogP contribution in [-0.2, 0) is 32.6 Å². The van der Waals surface area contributed by atoms with Crippen LogP contribution < -0.4 is 5.32 Å². The molecule has 0 aromatic heterocycles. The van der Waals surface area contributed by atoms with Crippen molar-refractivity contribution in [2.45, 2.75) is 37.2 Å². The highest BCUT2D eigenvalue weighted by Crippen LogP contribution is 2.20. The standard InChI is InChI=1S/C28H31BrClN3O4S/c1-3-17-31-28(35)26(18-21-7-5-4-6-8-21)33(19-22-9-11-23(29)12-10-22)27(34)20-32(2)38(36,37)25-15-13-24(30)14-16-25/h4-16,26H,3,17-20H2,1-2H3,(H,31,35)/t26-/m1/s1. The van der Waals surface area contributed by atoms with Gasteiger partial charge in [0, 0.05) is 36.1 Å². The zero-order valence-corrected chi connectivity index (χ0v) is 24.5. The van der Waals surface area contributed by atoms with Crippen molar-refractivity contribution in [2.24, 2.45) is 0 Å². The molecule has 0 unspecified atom stereocenters. The van der Waals surface area contributed by atoms with Crippen LogP contribution in [0.1, 0.15) is 24.5 Å². The topological polar surface area (TPSA) is 86.8 Å². The predicted molar refractivity (Wildman–Crippen MR) is 153 cm³/mol. The van der Waals surface area contributed by atoms with Gasteiger partial charge in [-0.15, -0.1) is 0 Å². The summed E-state index contributed by atoms with van der Waals surface area (Å²) >= 11 is 9.33. The lowest BCUT2D eigenvalue weighted by molar-refractivity contribution is -0.141. The Labute approximate surface area is 238 Å². The minimum Gasteiger partial charge on any atom is -0.354 e. The Kier molecular flexibility index (Phi) is 10.9. The van der Waals surface area contributed by atoms with E-state index in [2.05, 4.69) is 21.2 Å². The van der Waals surface area contributed by atoms with E-state index in [1.807, 2.05) is 61.5 Å². The molecular formula is C28H31BrClN3O4S. The van der Waals surface area contributed by atoms with E-state index in [1.165, 1.54) is 36.2 Å². The first kappa shape index (κ1) is 29.8. The molecule has 0 heterocycles.